The Balaban J connectivity index is 1.53. The van der Waals surface area contributed by atoms with E-state index in [4.69, 9.17) is 4.74 Å². The summed E-state index contributed by atoms with van der Waals surface area (Å²) in [6.45, 7) is 4.57. The molecule has 0 unspecified atom stereocenters. The van der Waals surface area contributed by atoms with Gasteiger partial charge in [-0.25, -0.2) is 0 Å². The number of rotatable bonds is 16. The summed E-state index contributed by atoms with van der Waals surface area (Å²) in [5.41, 5.74) is 2.78. The van der Waals surface area contributed by atoms with Gasteiger partial charge in [-0.05, 0) is 48.9 Å². The van der Waals surface area contributed by atoms with E-state index in [-0.39, 0.29) is 0 Å². The molecule has 0 fully saturated rings. The van der Waals surface area contributed by atoms with E-state index in [1.165, 1.54) is 111 Å². The van der Waals surface area contributed by atoms with Crippen LogP contribution < -0.4 is 4.74 Å². The van der Waals surface area contributed by atoms with E-state index in [0.717, 1.165) is 24.3 Å². The fraction of sp³-hybridized carbons (Fsp3) is 0.600. The van der Waals surface area contributed by atoms with Crippen LogP contribution in [0.5, 0.6) is 11.5 Å². The van der Waals surface area contributed by atoms with Gasteiger partial charge in [0.15, 0.2) is 0 Å². The number of hydrogen-bond acceptors (Lipinski definition) is 2. The first-order chi connectivity index (χ1) is 15.8. The molecule has 0 bridgehead atoms. The van der Waals surface area contributed by atoms with Gasteiger partial charge in [0.25, 0.3) is 0 Å². The molecule has 0 aliphatic carbocycles. The van der Waals surface area contributed by atoms with Crippen molar-refractivity contribution >= 4 is 11.8 Å². The van der Waals surface area contributed by atoms with Gasteiger partial charge >= 0.3 is 0 Å². The Kier molecular flexibility index (Phi) is 11.6. The Hall–Kier alpha value is -1.41. The number of benzene rings is 2. The minimum atomic E-state index is 1.13. The highest BCUT2D eigenvalue weighted by Crippen LogP contribution is 2.50. The maximum atomic E-state index is 6.64. The van der Waals surface area contributed by atoms with Crippen molar-refractivity contribution < 1.29 is 4.74 Å². The van der Waals surface area contributed by atoms with Crippen LogP contribution in [0, 0.1) is 0 Å². The van der Waals surface area contributed by atoms with Gasteiger partial charge in [-0.15, -0.1) is 0 Å². The minimum absolute atomic E-state index is 1.13. The monoisotopic (exact) mass is 452 g/mol. The van der Waals surface area contributed by atoms with Crippen molar-refractivity contribution in [3.05, 3.63) is 47.5 Å². The minimum Gasteiger partial charge on any atom is -0.454 e. The predicted octanol–water partition coefficient (Wildman–Crippen LogP) is 10.5. The number of para-hydroxylation sites is 2. The molecule has 0 saturated heterocycles. The molecule has 32 heavy (non-hydrogen) atoms. The maximum absolute atomic E-state index is 6.64. The SMILES string of the molecule is CCCCCCCCCc1cccc2c1Oc1c(CCCCCCCCC)cccc1S2. The molecule has 0 N–H and O–H groups in total. The lowest BCUT2D eigenvalue weighted by molar-refractivity contribution is 0.439. The van der Waals surface area contributed by atoms with Crippen LogP contribution in [0.3, 0.4) is 0 Å². The summed E-state index contributed by atoms with van der Waals surface area (Å²) in [6.07, 6.45) is 21.2. The zero-order valence-electron chi connectivity index (χ0n) is 20.6. The maximum Gasteiger partial charge on any atom is 0.144 e. The van der Waals surface area contributed by atoms with Crippen molar-refractivity contribution in [3.8, 4) is 11.5 Å². The van der Waals surface area contributed by atoms with Crippen molar-refractivity contribution in [1.29, 1.82) is 0 Å². The van der Waals surface area contributed by atoms with Crippen LogP contribution in [0.1, 0.15) is 115 Å². The molecule has 0 saturated carbocycles. The summed E-state index contributed by atoms with van der Waals surface area (Å²) in [6, 6.07) is 13.4. The first-order valence-corrected chi connectivity index (χ1v) is 14.2. The molecule has 1 aliphatic rings. The van der Waals surface area contributed by atoms with Gasteiger partial charge < -0.3 is 4.74 Å². The van der Waals surface area contributed by atoms with Crippen molar-refractivity contribution in [1.82, 2.24) is 0 Å². The highest BCUT2D eigenvalue weighted by Gasteiger charge is 2.22. The zero-order chi connectivity index (χ0) is 22.4. The fourth-order valence-corrected chi connectivity index (χ4v) is 5.74. The summed E-state index contributed by atoms with van der Waals surface area (Å²) >= 11 is 1.89. The summed E-state index contributed by atoms with van der Waals surface area (Å²) in [7, 11) is 0. The highest BCUT2D eigenvalue weighted by molar-refractivity contribution is 7.99. The standard InChI is InChI=1S/C30H44OS/c1-3-5-7-9-11-13-15-19-25-21-17-23-27-29(25)31-30-26(22-18-24-28(30)32-27)20-16-14-12-10-8-6-4-2/h17-18,21-24H,3-16,19-20H2,1-2H3. The van der Waals surface area contributed by atoms with Crippen molar-refractivity contribution in [3.63, 3.8) is 0 Å². The molecule has 2 aromatic carbocycles. The van der Waals surface area contributed by atoms with Crippen LogP contribution in [0.2, 0.25) is 0 Å². The average molecular weight is 453 g/mol. The Morgan fingerprint density at radius 1 is 0.531 bits per heavy atom. The Morgan fingerprint density at radius 2 is 0.938 bits per heavy atom. The quantitative estimate of drug-likeness (QED) is 0.200. The molecule has 1 aliphatic heterocycles. The molecule has 0 radical (unpaired) electrons. The van der Waals surface area contributed by atoms with Crippen molar-refractivity contribution in [2.24, 2.45) is 0 Å². The van der Waals surface area contributed by atoms with E-state index >= 15 is 0 Å². The number of ether oxygens (including phenoxy) is 1. The van der Waals surface area contributed by atoms with Crippen molar-refractivity contribution in [2.75, 3.05) is 0 Å². The lowest BCUT2D eigenvalue weighted by Crippen LogP contribution is -2.02. The summed E-state index contributed by atoms with van der Waals surface area (Å²) in [5, 5.41) is 0. The first-order valence-electron chi connectivity index (χ1n) is 13.4. The molecular weight excluding hydrogens is 408 g/mol. The molecular formula is C30H44OS. The highest BCUT2D eigenvalue weighted by atomic mass is 32.2. The van der Waals surface area contributed by atoms with Gasteiger partial charge in [0, 0.05) is 0 Å². The smallest absolute Gasteiger partial charge is 0.144 e. The molecule has 2 aromatic rings. The summed E-state index contributed by atoms with van der Waals surface area (Å²) < 4.78 is 6.64. The molecule has 176 valence electrons. The largest absolute Gasteiger partial charge is 0.454 e. The third-order valence-electron chi connectivity index (χ3n) is 6.64. The molecule has 3 rings (SSSR count). The number of fused-ring (bicyclic) bond motifs is 2. The van der Waals surface area contributed by atoms with E-state index in [1.54, 1.807) is 0 Å². The number of aryl methyl sites for hydroxylation is 2. The third kappa shape index (κ3) is 7.87. The van der Waals surface area contributed by atoms with Gasteiger partial charge in [-0.1, -0.05) is 127 Å². The Bertz CT molecular complexity index is 732. The molecule has 1 heterocycles. The molecule has 1 nitrogen and oxygen atoms in total. The van der Waals surface area contributed by atoms with Crippen LogP contribution in [0.25, 0.3) is 0 Å². The van der Waals surface area contributed by atoms with E-state index in [2.05, 4.69) is 50.2 Å². The first kappa shape index (κ1) is 25.2. The van der Waals surface area contributed by atoms with Gasteiger partial charge in [0.2, 0.25) is 0 Å². The predicted molar refractivity (Wildman–Crippen MR) is 140 cm³/mol. The second kappa shape index (κ2) is 14.7. The molecule has 0 atom stereocenters. The van der Waals surface area contributed by atoms with Crippen LogP contribution >= 0.6 is 11.8 Å². The van der Waals surface area contributed by atoms with Gasteiger partial charge in [-0.3, -0.25) is 0 Å². The van der Waals surface area contributed by atoms with E-state index in [1.807, 2.05) is 11.8 Å². The third-order valence-corrected chi connectivity index (χ3v) is 7.73. The van der Waals surface area contributed by atoms with Gasteiger partial charge in [0.1, 0.15) is 11.5 Å². The second-order valence-corrected chi connectivity index (χ2v) is 10.5. The van der Waals surface area contributed by atoms with E-state index in [9.17, 15) is 0 Å². The Labute approximate surface area is 201 Å². The Morgan fingerprint density at radius 3 is 1.38 bits per heavy atom. The van der Waals surface area contributed by atoms with Crippen LogP contribution in [0.4, 0.5) is 0 Å². The summed E-state index contributed by atoms with van der Waals surface area (Å²) in [4.78, 5) is 2.57. The van der Waals surface area contributed by atoms with Gasteiger partial charge in [-0.2, -0.15) is 0 Å². The topological polar surface area (TPSA) is 9.23 Å². The molecule has 0 spiro atoms. The average Bonchev–Trinajstić information content (AvgIpc) is 2.82. The molecule has 2 heteroatoms. The lowest BCUT2D eigenvalue weighted by atomic mass is 10.0. The number of unbranched alkanes of at least 4 members (excludes halogenated alkanes) is 12. The molecule has 0 amide bonds. The van der Waals surface area contributed by atoms with E-state index in [0.29, 0.717) is 0 Å². The second-order valence-electron chi connectivity index (χ2n) is 9.44. The zero-order valence-corrected chi connectivity index (χ0v) is 21.4. The van der Waals surface area contributed by atoms with Gasteiger partial charge in [0.05, 0.1) is 9.79 Å². The van der Waals surface area contributed by atoms with Crippen LogP contribution in [-0.4, -0.2) is 0 Å². The van der Waals surface area contributed by atoms with Crippen LogP contribution in [-0.2, 0) is 12.8 Å². The van der Waals surface area contributed by atoms with Crippen molar-refractivity contribution in [2.45, 2.75) is 126 Å². The lowest BCUT2D eigenvalue weighted by Gasteiger charge is -2.24. The normalized spacial score (nSPS) is 12.3. The molecule has 0 aromatic heterocycles. The summed E-state index contributed by atoms with van der Waals surface area (Å²) in [5.74, 6) is 2.26. The fourth-order valence-electron chi connectivity index (χ4n) is 4.67. The van der Waals surface area contributed by atoms with Crippen LogP contribution in [0.15, 0.2) is 46.2 Å². The number of hydrogen-bond donors (Lipinski definition) is 0. The van der Waals surface area contributed by atoms with E-state index < -0.39 is 0 Å².